The zero-order valence-electron chi connectivity index (χ0n) is 14.0. The van der Waals surface area contributed by atoms with Crippen LogP contribution in [0.1, 0.15) is 51.0 Å². The second-order valence-corrected chi connectivity index (χ2v) is 8.51. The zero-order valence-corrected chi connectivity index (χ0v) is 14.8. The van der Waals surface area contributed by atoms with E-state index in [2.05, 4.69) is 49.4 Å². The highest BCUT2D eigenvalue weighted by Crippen LogP contribution is 2.42. The van der Waals surface area contributed by atoms with Crippen molar-refractivity contribution < 1.29 is 0 Å². The van der Waals surface area contributed by atoms with Crippen LogP contribution in [-0.2, 0) is 13.0 Å². The summed E-state index contributed by atoms with van der Waals surface area (Å²) in [6.07, 6.45) is 4.00. The predicted octanol–water partition coefficient (Wildman–Crippen LogP) is 3.91. The van der Waals surface area contributed by atoms with Crippen LogP contribution in [0, 0.1) is 11.8 Å². The van der Waals surface area contributed by atoms with Gasteiger partial charge in [0.25, 0.3) is 0 Å². The Morgan fingerprint density at radius 1 is 1.43 bits per heavy atom. The van der Waals surface area contributed by atoms with Gasteiger partial charge in [-0.1, -0.05) is 20.8 Å². The molecule has 0 aromatic carbocycles. The van der Waals surface area contributed by atoms with Crippen molar-refractivity contribution in [3.05, 3.63) is 21.9 Å². The van der Waals surface area contributed by atoms with Gasteiger partial charge in [0.2, 0.25) is 0 Å². The number of rotatable bonds is 5. The number of hydrogen-bond donors (Lipinski definition) is 1. The average molecular weight is 307 g/mol. The van der Waals surface area contributed by atoms with Crippen molar-refractivity contribution in [3.8, 4) is 0 Å². The molecule has 21 heavy (non-hydrogen) atoms. The quantitative estimate of drug-likeness (QED) is 0.887. The maximum atomic E-state index is 3.89. The van der Waals surface area contributed by atoms with Crippen LogP contribution in [-0.4, -0.2) is 29.6 Å². The highest BCUT2D eigenvalue weighted by atomic mass is 32.1. The van der Waals surface area contributed by atoms with Crippen LogP contribution in [0.5, 0.6) is 0 Å². The first kappa shape index (κ1) is 15.5. The van der Waals surface area contributed by atoms with E-state index in [4.69, 9.17) is 0 Å². The molecular weight excluding hydrogens is 276 g/mol. The van der Waals surface area contributed by atoms with Crippen LogP contribution < -0.4 is 5.32 Å². The molecule has 2 nitrogen and oxygen atoms in total. The fourth-order valence-electron chi connectivity index (χ4n) is 3.89. The number of aryl methyl sites for hydroxylation is 1. The standard InChI is InChI=1S/C18H30N2S/c1-5-14-8-9-21-17(14)11-20-12-18(4,15-6-7-15)19-10-16(20)13(2)3/h8-9,13,15-16,19H,5-7,10-12H2,1-4H3. The van der Waals surface area contributed by atoms with Gasteiger partial charge in [0.05, 0.1) is 0 Å². The SMILES string of the molecule is CCc1ccsc1CN1CC(C)(C2CC2)NCC1C(C)C. The Labute approximate surface area is 133 Å². The first-order chi connectivity index (χ1) is 10.0. The maximum Gasteiger partial charge on any atom is 0.0335 e. The van der Waals surface area contributed by atoms with Gasteiger partial charge in [-0.25, -0.2) is 0 Å². The smallest absolute Gasteiger partial charge is 0.0335 e. The lowest BCUT2D eigenvalue weighted by atomic mass is 9.88. The minimum absolute atomic E-state index is 0.342. The largest absolute Gasteiger partial charge is 0.308 e. The summed E-state index contributed by atoms with van der Waals surface area (Å²) in [7, 11) is 0. The van der Waals surface area contributed by atoms with E-state index < -0.39 is 0 Å². The topological polar surface area (TPSA) is 15.3 Å². The molecule has 2 fully saturated rings. The van der Waals surface area contributed by atoms with Crippen molar-refractivity contribution in [1.82, 2.24) is 10.2 Å². The molecule has 1 saturated heterocycles. The van der Waals surface area contributed by atoms with Gasteiger partial charge in [-0.15, -0.1) is 11.3 Å². The number of piperazine rings is 1. The van der Waals surface area contributed by atoms with Crippen molar-refractivity contribution in [1.29, 1.82) is 0 Å². The molecule has 2 aliphatic rings. The highest BCUT2D eigenvalue weighted by Gasteiger charge is 2.46. The van der Waals surface area contributed by atoms with Crippen molar-refractivity contribution >= 4 is 11.3 Å². The Kier molecular flexibility index (Phi) is 4.45. The van der Waals surface area contributed by atoms with Crippen LogP contribution in [0.25, 0.3) is 0 Å². The monoisotopic (exact) mass is 306 g/mol. The van der Waals surface area contributed by atoms with Gasteiger partial charge in [-0.3, -0.25) is 4.90 Å². The molecule has 3 rings (SSSR count). The Hall–Kier alpha value is -0.380. The summed E-state index contributed by atoms with van der Waals surface area (Å²) in [6.45, 7) is 13.0. The molecule has 0 amide bonds. The van der Waals surface area contributed by atoms with Gasteiger partial charge < -0.3 is 5.32 Å². The average Bonchev–Trinajstić information content (AvgIpc) is 3.21. The van der Waals surface area contributed by atoms with E-state index in [9.17, 15) is 0 Å². The van der Waals surface area contributed by atoms with Gasteiger partial charge >= 0.3 is 0 Å². The lowest BCUT2D eigenvalue weighted by Gasteiger charge is -2.48. The first-order valence-electron chi connectivity index (χ1n) is 8.58. The number of hydrogen-bond acceptors (Lipinski definition) is 3. The van der Waals surface area contributed by atoms with E-state index >= 15 is 0 Å². The van der Waals surface area contributed by atoms with Crippen LogP contribution in [0.2, 0.25) is 0 Å². The summed E-state index contributed by atoms with van der Waals surface area (Å²) in [5.74, 6) is 1.62. The van der Waals surface area contributed by atoms with Gasteiger partial charge in [0, 0.05) is 36.1 Å². The minimum atomic E-state index is 0.342. The Bertz CT molecular complexity index is 477. The summed E-state index contributed by atoms with van der Waals surface area (Å²) < 4.78 is 0. The third kappa shape index (κ3) is 3.20. The molecule has 0 bridgehead atoms. The molecule has 118 valence electrons. The lowest BCUT2D eigenvalue weighted by molar-refractivity contribution is 0.0468. The Morgan fingerprint density at radius 3 is 2.81 bits per heavy atom. The lowest BCUT2D eigenvalue weighted by Crippen LogP contribution is -2.64. The van der Waals surface area contributed by atoms with E-state index in [-0.39, 0.29) is 0 Å². The van der Waals surface area contributed by atoms with Crippen LogP contribution in [0.15, 0.2) is 11.4 Å². The highest BCUT2D eigenvalue weighted by molar-refractivity contribution is 7.10. The summed E-state index contributed by atoms with van der Waals surface area (Å²) in [6, 6.07) is 2.98. The summed E-state index contributed by atoms with van der Waals surface area (Å²) >= 11 is 1.94. The molecule has 3 heteroatoms. The van der Waals surface area contributed by atoms with Gasteiger partial charge in [-0.05, 0) is 55.0 Å². The molecule has 2 heterocycles. The Morgan fingerprint density at radius 2 is 2.19 bits per heavy atom. The summed E-state index contributed by atoms with van der Waals surface area (Å²) in [5.41, 5.74) is 1.89. The van der Waals surface area contributed by atoms with Crippen molar-refractivity contribution in [2.45, 2.75) is 65.1 Å². The third-order valence-electron chi connectivity index (χ3n) is 5.53. The maximum absolute atomic E-state index is 3.89. The van der Waals surface area contributed by atoms with Crippen molar-refractivity contribution in [2.75, 3.05) is 13.1 Å². The molecule has 1 aromatic rings. The fourth-order valence-corrected chi connectivity index (χ4v) is 4.89. The van der Waals surface area contributed by atoms with E-state index in [1.165, 1.54) is 19.4 Å². The van der Waals surface area contributed by atoms with E-state index in [1.807, 2.05) is 11.3 Å². The number of nitrogens with zero attached hydrogens (tertiary/aromatic N) is 1. The van der Waals surface area contributed by atoms with Crippen LogP contribution in [0.3, 0.4) is 0 Å². The molecule has 1 N–H and O–H groups in total. The van der Waals surface area contributed by atoms with Gasteiger partial charge in [0.1, 0.15) is 0 Å². The van der Waals surface area contributed by atoms with E-state index in [0.29, 0.717) is 17.5 Å². The molecule has 1 aliphatic carbocycles. The normalized spacial score (nSPS) is 31.0. The fraction of sp³-hybridized carbons (Fsp3) is 0.778. The van der Waals surface area contributed by atoms with Crippen LogP contribution >= 0.6 is 11.3 Å². The second kappa shape index (κ2) is 6.02. The molecule has 1 saturated carbocycles. The predicted molar refractivity (Wildman–Crippen MR) is 91.9 cm³/mol. The Balaban J connectivity index is 1.77. The van der Waals surface area contributed by atoms with Gasteiger partial charge in [-0.2, -0.15) is 0 Å². The molecule has 2 atom stereocenters. The molecule has 0 spiro atoms. The van der Waals surface area contributed by atoms with Crippen molar-refractivity contribution in [2.24, 2.45) is 11.8 Å². The summed E-state index contributed by atoms with van der Waals surface area (Å²) in [4.78, 5) is 4.35. The molecular formula is C18H30N2S. The molecule has 1 aromatic heterocycles. The first-order valence-corrected chi connectivity index (χ1v) is 9.45. The summed E-state index contributed by atoms with van der Waals surface area (Å²) in [5, 5.41) is 6.15. The molecule has 0 radical (unpaired) electrons. The van der Waals surface area contributed by atoms with Gasteiger partial charge in [0.15, 0.2) is 0 Å². The van der Waals surface area contributed by atoms with E-state index in [1.54, 1.807) is 10.4 Å². The van der Waals surface area contributed by atoms with Crippen molar-refractivity contribution in [3.63, 3.8) is 0 Å². The zero-order chi connectivity index (χ0) is 15.0. The third-order valence-corrected chi connectivity index (χ3v) is 6.48. The number of nitrogens with one attached hydrogen (secondary N) is 1. The molecule has 2 unspecified atom stereocenters. The number of thiophene rings is 1. The minimum Gasteiger partial charge on any atom is -0.308 e. The second-order valence-electron chi connectivity index (χ2n) is 7.51. The van der Waals surface area contributed by atoms with Crippen LogP contribution in [0.4, 0.5) is 0 Å². The van der Waals surface area contributed by atoms with E-state index in [0.717, 1.165) is 25.4 Å². The molecule has 1 aliphatic heterocycles.